The van der Waals surface area contributed by atoms with Crippen molar-refractivity contribution in [3.63, 3.8) is 0 Å². The third kappa shape index (κ3) is 2.32. The molecule has 1 aromatic rings. The lowest BCUT2D eigenvalue weighted by atomic mass is 9.93. The van der Waals surface area contributed by atoms with Gasteiger partial charge in [0.05, 0.1) is 12.1 Å². The van der Waals surface area contributed by atoms with Gasteiger partial charge in [0.1, 0.15) is 5.75 Å². The number of aromatic hydroxyl groups is 1. The molecule has 0 unspecified atom stereocenters. The highest BCUT2D eigenvalue weighted by Crippen LogP contribution is 2.28. The largest absolute Gasteiger partial charge is 0.508 e. The lowest BCUT2D eigenvalue weighted by Crippen LogP contribution is -2.36. The van der Waals surface area contributed by atoms with Crippen LogP contribution in [0.2, 0.25) is 0 Å². The lowest BCUT2D eigenvalue weighted by molar-refractivity contribution is 0.207. The van der Waals surface area contributed by atoms with Gasteiger partial charge in [-0.15, -0.1) is 0 Å². The Morgan fingerprint density at radius 3 is 2.62 bits per heavy atom. The van der Waals surface area contributed by atoms with E-state index in [1.165, 1.54) is 0 Å². The molecule has 4 heteroatoms. The number of phenolic OH excluding ortho intramolecular Hbond substituents is 1. The molecular weight excluding hydrogens is 281 g/mol. The van der Waals surface area contributed by atoms with E-state index in [0.717, 1.165) is 3.57 Å². The van der Waals surface area contributed by atoms with Crippen molar-refractivity contribution in [1.29, 1.82) is 0 Å². The second-order valence-electron chi connectivity index (χ2n) is 3.24. The van der Waals surface area contributed by atoms with Gasteiger partial charge in [-0.25, -0.2) is 0 Å². The molecule has 13 heavy (non-hydrogen) atoms. The van der Waals surface area contributed by atoms with Crippen molar-refractivity contribution in [1.82, 2.24) is 0 Å². The zero-order chi connectivity index (χ0) is 10.1. The number of aliphatic hydroxyl groups excluding tert-OH is 1. The first-order valence-corrected chi connectivity index (χ1v) is 4.94. The molecule has 1 rings (SSSR count). The first-order valence-electron chi connectivity index (χ1n) is 3.86. The first kappa shape index (κ1) is 10.7. The Bertz CT molecular complexity index is 312. The zero-order valence-electron chi connectivity index (χ0n) is 7.29. The second kappa shape index (κ2) is 3.81. The molecule has 4 N–H and O–H groups in total. The molecule has 0 saturated heterocycles. The van der Waals surface area contributed by atoms with E-state index in [9.17, 15) is 5.11 Å². The normalized spacial score (nSPS) is 15.4. The van der Waals surface area contributed by atoms with Crippen molar-refractivity contribution in [2.75, 3.05) is 6.61 Å². The van der Waals surface area contributed by atoms with Gasteiger partial charge in [-0.05, 0) is 41.6 Å². The summed E-state index contributed by atoms with van der Waals surface area (Å²) in [7, 11) is 0. The summed E-state index contributed by atoms with van der Waals surface area (Å²) in [5.41, 5.74) is 5.46. The maximum atomic E-state index is 9.56. The molecule has 0 fully saturated rings. The highest BCUT2D eigenvalue weighted by molar-refractivity contribution is 14.1. The van der Waals surface area contributed by atoms with Crippen LogP contribution < -0.4 is 5.73 Å². The molecule has 0 radical (unpaired) electrons. The van der Waals surface area contributed by atoms with Gasteiger partial charge in [0.15, 0.2) is 0 Å². The molecule has 0 spiro atoms. The topological polar surface area (TPSA) is 66.5 Å². The van der Waals surface area contributed by atoms with Gasteiger partial charge in [-0.1, -0.05) is 6.07 Å². The van der Waals surface area contributed by atoms with Crippen molar-refractivity contribution in [2.45, 2.75) is 12.5 Å². The molecule has 1 aromatic carbocycles. The van der Waals surface area contributed by atoms with Gasteiger partial charge in [0.2, 0.25) is 0 Å². The van der Waals surface area contributed by atoms with Gasteiger partial charge in [-0.3, -0.25) is 0 Å². The number of phenols is 1. The van der Waals surface area contributed by atoms with Crippen molar-refractivity contribution in [3.8, 4) is 5.75 Å². The molecular formula is C9H12INO2. The molecule has 0 aliphatic heterocycles. The van der Waals surface area contributed by atoms with Crippen molar-refractivity contribution in [2.24, 2.45) is 5.73 Å². The van der Waals surface area contributed by atoms with Gasteiger partial charge in [-0.2, -0.15) is 0 Å². The SMILES string of the molecule is C[C@](N)(CO)c1ccc(I)cc1O. The third-order valence-electron chi connectivity index (χ3n) is 1.90. The van der Waals surface area contributed by atoms with Crippen LogP contribution in [0.3, 0.4) is 0 Å². The van der Waals surface area contributed by atoms with Crippen LogP contribution in [-0.2, 0) is 5.54 Å². The smallest absolute Gasteiger partial charge is 0.121 e. The summed E-state index contributed by atoms with van der Waals surface area (Å²) in [4.78, 5) is 0. The Kier molecular flexibility index (Phi) is 3.15. The lowest BCUT2D eigenvalue weighted by Gasteiger charge is -2.23. The predicted octanol–water partition coefficient (Wildman–Crippen LogP) is 1.16. The molecule has 0 amide bonds. The average molecular weight is 293 g/mol. The number of nitrogens with two attached hydrogens (primary N) is 1. The van der Waals surface area contributed by atoms with Crippen molar-refractivity contribution in [3.05, 3.63) is 27.3 Å². The zero-order valence-corrected chi connectivity index (χ0v) is 9.45. The fourth-order valence-corrected chi connectivity index (χ4v) is 1.55. The Labute approximate surface area is 90.7 Å². The van der Waals surface area contributed by atoms with Crippen LogP contribution in [0.4, 0.5) is 0 Å². The summed E-state index contributed by atoms with van der Waals surface area (Å²) in [5.74, 6) is 0.131. The van der Waals surface area contributed by atoms with E-state index in [-0.39, 0.29) is 12.4 Å². The summed E-state index contributed by atoms with van der Waals surface area (Å²) in [6.45, 7) is 1.48. The number of aliphatic hydroxyl groups is 1. The van der Waals surface area contributed by atoms with Crippen molar-refractivity contribution < 1.29 is 10.2 Å². The predicted molar refractivity (Wildman–Crippen MR) is 59.4 cm³/mol. The fourth-order valence-electron chi connectivity index (χ4n) is 1.07. The molecule has 0 saturated carbocycles. The third-order valence-corrected chi connectivity index (χ3v) is 2.57. The molecule has 1 atom stereocenters. The van der Waals surface area contributed by atoms with E-state index in [1.807, 2.05) is 6.07 Å². The maximum absolute atomic E-state index is 9.56. The number of halogens is 1. The fraction of sp³-hybridized carbons (Fsp3) is 0.333. The number of hydrogen-bond acceptors (Lipinski definition) is 3. The van der Waals surface area contributed by atoms with Crippen LogP contribution in [-0.4, -0.2) is 16.8 Å². The van der Waals surface area contributed by atoms with Crippen LogP contribution >= 0.6 is 22.6 Å². The Hall–Kier alpha value is -0.330. The van der Waals surface area contributed by atoms with Gasteiger partial charge in [0.25, 0.3) is 0 Å². The molecule has 0 heterocycles. The summed E-state index contributed by atoms with van der Waals surface area (Å²) in [6.07, 6.45) is 0. The highest BCUT2D eigenvalue weighted by Gasteiger charge is 2.23. The number of hydrogen-bond donors (Lipinski definition) is 3. The molecule has 0 aliphatic rings. The minimum atomic E-state index is -0.881. The summed E-state index contributed by atoms with van der Waals surface area (Å²) in [5, 5.41) is 18.6. The maximum Gasteiger partial charge on any atom is 0.121 e. The van der Waals surface area contributed by atoms with E-state index in [1.54, 1.807) is 19.1 Å². The molecule has 0 aliphatic carbocycles. The first-order chi connectivity index (χ1) is 5.97. The van der Waals surface area contributed by atoms with E-state index in [4.69, 9.17) is 10.8 Å². The molecule has 0 aromatic heterocycles. The van der Waals surface area contributed by atoms with Gasteiger partial charge < -0.3 is 15.9 Å². The van der Waals surface area contributed by atoms with Crippen LogP contribution in [0.15, 0.2) is 18.2 Å². The second-order valence-corrected chi connectivity index (χ2v) is 4.48. The van der Waals surface area contributed by atoms with E-state index >= 15 is 0 Å². The Morgan fingerprint density at radius 1 is 1.54 bits per heavy atom. The standard InChI is InChI=1S/C9H12INO2/c1-9(11,5-12)7-3-2-6(10)4-8(7)13/h2-4,12-13H,5,11H2,1H3/t9-/m0/s1. The number of rotatable bonds is 2. The van der Waals surface area contributed by atoms with Crippen LogP contribution in [0.5, 0.6) is 5.75 Å². The minimum absolute atomic E-state index is 0.131. The van der Waals surface area contributed by atoms with Crippen molar-refractivity contribution >= 4 is 22.6 Å². The summed E-state index contributed by atoms with van der Waals surface area (Å²) in [6, 6.07) is 5.19. The van der Waals surface area contributed by atoms with Crippen LogP contribution in [0.1, 0.15) is 12.5 Å². The van der Waals surface area contributed by atoms with E-state index < -0.39 is 5.54 Å². The quantitative estimate of drug-likeness (QED) is 0.717. The van der Waals surface area contributed by atoms with Gasteiger partial charge in [0, 0.05) is 9.13 Å². The van der Waals surface area contributed by atoms with Crippen LogP contribution in [0.25, 0.3) is 0 Å². The summed E-state index contributed by atoms with van der Waals surface area (Å²) < 4.78 is 0.938. The minimum Gasteiger partial charge on any atom is -0.508 e. The monoisotopic (exact) mass is 293 g/mol. The Balaban J connectivity index is 3.16. The Morgan fingerprint density at radius 2 is 2.15 bits per heavy atom. The average Bonchev–Trinajstić information content (AvgIpc) is 2.03. The molecule has 72 valence electrons. The van der Waals surface area contributed by atoms with Gasteiger partial charge >= 0.3 is 0 Å². The molecule has 0 bridgehead atoms. The summed E-state index contributed by atoms with van der Waals surface area (Å²) >= 11 is 2.10. The van der Waals surface area contributed by atoms with Crippen LogP contribution in [0, 0.1) is 3.57 Å². The van der Waals surface area contributed by atoms with E-state index in [0.29, 0.717) is 5.56 Å². The number of benzene rings is 1. The molecule has 3 nitrogen and oxygen atoms in total. The van der Waals surface area contributed by atoms with E-state index in [2.05, 4.69) is 22.6 Å². The highest BCUT2D eigenvalue weighted by atomic mass is 127.